The normalized spacial score (nSPS) is 11.6. The molecule has 0 aliphatic rings. The van der Waals surface area contributed by atoms with Crippen LogP contribution >= 0.6 is 0 Å². The third kappa shape index (κ3) is 5.16. The Bertz CT molecular complexity index is 804. The molecule has 8 heteroatoms. The van der Waals surface area contributed by atoms with Crippen LogP contribution in [-0.2, 0) is 4.74 Å². The molecule has 0 bridgehead atoms. The number of ether oxygens (including phenoxy) is 4. The van der Waals surface area contributed by atoms with E-state index in [0.717, 1.165) is 0 Å². The number of carbonyl (C=O) groups is 2. The van der Waals surface area contributed by atoms with Crippen molar-refractivity contribution in [1.82, 2.24) is 0 Å². The van der Waals surface area contributed by atoms with E-state index in [4.69, 9.17) is 14.2 Å². The number of Topliss-reactive ketones (excluding diaryl/α,β-unsaturated/α-hetero) is 1. The molecule has 2 aromatic carbocycles. The Hall–Kier alpha value is -3.16. The predicted octanol–water partition coefficient (Wildman–Crippen LogP) is 3.73. The van der Waals surface area contributed by atoms with Crippen molar-refractivity contribution < 1.29 is 37.3 Å². The molecule has 27 heavy (non-hydrogen) atoms. The van der Waals surface area contributed by atoms with E-state index < -0.39 is 24.5 Å². The third-order valence-electron chi connectivity index (χ3n) is 3.64. The fourth-order valence-corrected chi connectivity index (χ4v) is 2.29. The fourth-order valence-electron chi connectivity index (χ4n) is 2.29. The van der Waals surface area contributed by atoms with Gasteiger partial charge in [-0.05, 0) is 49.4 Å². The third-order valence-corrected chi connectivity index (χ3v) is 3.64. The smallest absolute Gasteiger partial charge is 0.387 e. The summed E-state index contributed by atoms with van der Waals surface area (Å²) in [4.78, 5) is 24.8. The first-order valence-electron chi connectivity index (χ1n) is 7.87. The monoisotopic (exact) mass is 380 g/mol. The lowest BCUT2D eigenvalue weighted by Gasteiger charge is -2.15. The number of esters is 1. The van der Waals surface area contributed by atoms with Crippen molar-refractivity contribution in [2.24, 2.45) is 0 Å². The maximum absolute atomic E-state index is 12.4. The zero-order chi connectivity index (χ0) is 20.0. The molecule has 6 nitrogen and oxygen atoms in total. The van der Waals surface area contributed by atoms with Gasteiger partial charge in [0.1, 0.15) is 22.8 Å². The Morgan fingerprint density at radius 1 is 0.926 bits per heavy atom. The van der Waals surface area contributed by atoms with E-state index in [1.807, 2.05) is 0 Å². The van der Waals surface area contributed by atoms with Crippen LogP contribution < -0.4 is 14.2 Å². The summed E-state index contributed by atoms with van der Waals surface area (Å²) in [6.07, 6.45) is -1.10. The largest absolute Gasteiger partial charge is 0.497 e. The molecule has 0 unspecified atom stereocenters. The Kier molecular flexibility index (Phi) is 6.70. The SMILES string of the molecule is COc1ccc(OC)c(C(=O)O[C@@H](C)C(=O)c2ccc(OC(F)F)cc2)c1. The molecule has 2 rings (SSSR count). The zero-order valence-electron chi connectivity index (χ0n) is 14.9. The fraction of sp³-hybridized carbons (Fsp3) is 0.263. The van der Waals surface area contributed by atoms with Crippen LogP contribution in [-0.4, -0.2) is 38.7 Å². The van der Waals surface area contributed by atoms with Crippen molar-refractivity contribution in [2.45, 2.75) is 19.6 Å². The van der Waals surface area contributed by atoms with Crippen molar-refractivity contribution in [3.8, 4) is 17.2 Å². The van der Waals surface area contributed by atoms with Gasteiger partial charge in [0.15, 0.2) is 6.10 Å². The van der Waals surface area contributed by atoms with E-state index in [1.54, 1.807) is 12.1 Å². The molecular formula is C19H18F2O6. The first-order valence-corrected chi connectivity index (χ1v) is 7.87. The van der Waals surface area contributed by atoms with Crippen LogP contribution in [0.2, 0.25) is 0 Å². The van der Waals surface area contributed by atoms with Gasteiger partial charge in [0.05, 0.1) is 14.2 Å². The van der Waals surface area contributed by atoms with Gasteiger partial charge in [-0.2, -0.15) is 8.78 Å². The molecule has 0 heterocycles. The lowest BCUT2D eigenvalue weighted by Crippen LogP contribution is -2.24. The van der Waals surface area contributed by atoms with Gasteiger partial charge in [0.25, 0.3) is 0 Å². The van der Waals surface area contributed by atoms with E-state index in [0.29, 0.717) is 5.75 Å². The predicted molar refractivity (Wildman–Crippen MR) is 91.8 cm³/mol. The molecule has 0 amide bonds. The van der Waals surface area contributed by atoms with E-state index in [1.165, 1.54) is 51.5 Å². The second kappa shape index (κ2) is 8.98. The summed E-state index contributed by atoms with van der Waals surface area (Å²) in [5.74, 6) is -0.629. The number of hydrogen-bond acceptors (Lipinski definition) is 6. The minimum absolute atomic E-state index is 0.0766. The first-order chi connectivity index (χ1) is 12.8. The lowest BCUT2D eigenvalue weighted by molar-refractivity contribution is -0.0498. The van der Waals surface area contributed by atoms with Crippen molar-refractivity contribution in [1.29, 1.82) is 0 Å². The second-order valence-electron chi connectivity index (χ2n) is 5.38. The topological polar surface area (TPSA) is 71.1 Å². The Balaban J connectivity index is 2.11. The highest BCUT2D eigenvalue weighted by Crippen LogP contribution is 2.25. The van der Waals surface area contributed by atoms with Gasteiger partial charge < -0.3 is 18.9 Å². The van der Waals surface area contributed by atoms with E-state index >= 15 is 0 Å². The molecule has 2 aromatic rings. The average Bonchev–Trinajstić information content (AvgIpc) is 2.66. The minimum Gasteiger partial charge on any atom is -0.497 e. The number of rotatable bonds is 8. The summed E-state index contributed by atoms with van der Waals surface area (Å²) in [6.45, 7) is -1.54. The van der Waals surface area contributed by atoms with E-state index in [2.05, 4.69) is 4.74 Å². The Morgan fingerprint density at radius 2 is 1.56 bits per heavy atom. The summed E-state index contributed by atoms with van der Waals surface area (Å²) in [7, 11) is 2.85. The van der Waals surface area contributed by atoms with Crippen LogP contribution in [0, 0.1) is 0 Å². The maximum Gasteiger partial charge on any atom is 0.387 e. The summed E-state index contributed by atoms with van der Waals surface area (Å²) in [6, 6.07) is 9.71. The average molecular weight is 380 g/mol. The summed E-state index contributed by atoms with van der Waals surface area (Å²) < 4.78 is 44.0. The van der Waals surface area contributed by atoms with Gasteiger partial charge >= 0.3 is 12.6 Å². The van der Waals surface area contributed by atoms with Gasteiger partial charge in [-0.15, -0.1) is 0 Å². The van der Waals surface area contributed by atoms with Crippen LogP contribution in [0.25, 0.3) is 0 Å². The van der Waals surface area contributed by atoms with Gasteiger partial charge in [-0.25, -0.2) is 4.79 Å². The van der Waals surface area contributed by atoms with Crippen LogP contribution in [0.5, 0.6) is 17.2 Å². The number of ketones is 1. The molecule has 0 aliphatic heterocycles. The molecule has 144 valence electrons. The molecule has 0 aromatic heterocycles. The summed E-state index contributed by atoms with van der Waals surface area (Å²) >= 11 is 0. The van der Waals surface area contributed by atoms with Gasteiger partial charge in [-0.3, -0.25) is 4.79 Å². The molecule has 0 fully saturated rings. The first kappa shape index (κ1) is 20.2. The summed E-state index contributed by atoms with van der Waals surface area (Å²) in [5.41, 5.74) is 0.298. The number of halogens is 2. The highest BCUT2D eigenvalue weighted by Gasteiger charge is 2.23. The molecule has 1 atom stereocenters. The number of hydrogen-bond donors (Lipinski definition) is 0. The van der Waals surface area contributed by atoms with Gasteiger partial charge in [0.2, 0.25) is 5.78 Å². The molecule has 0 spiro atoms. The highest BCUT2D eigenvalue weighted by atomic mass is 19.3. The van der Waals surface area contributed by atoms with Crippen LogP contribution in [0.15, 0.2) is 42.5 Å². The van der Waals surface area contributed by atoms with Crippen LogP contribution in [0.1, 0.15) is 27.6 Å². The zero-order valence-corrected chi connectivity index (χ0v) is 14.9. The minimum atomic E-state index is -2.95. The Morgan fingerprint density at radius 3 is 2.11 bits per heavy atom. The molecule has 0 saturated carbocycles. The number of methoxy groups -OCH3 is 2. The summed E-state index contributed by atoms with van der Waals surface area (Å²) in [5, 5.41) is 0. The number of alkyl halides is 2. The van der Waals surface area contributed by atoms with Crippen molar-refractivity contribution in [3.05, 3.63) is 53.6 Å². The van der Waals surface area contributed by atoms with E-state index in [9.17, 15) is 18.4 Å². The van der Waals surface area contributed by atoms with Crippen LogP contribution in [0.4, 0.5) is 8.78 Å². The molecule has 0 saturated heterocycles. The van der Waals surface area contributed by atoms with Gasteiger partial charge in [0, 0.05) is 5.56 Å². The van der Waals surface area contributed by atoms with Crippen molar-refractivity contribution in [2.75, 3.05) is 14.2 Å². The molecule has 0 radical (unpaired) electrons. The van der Waals surface area contributed by atoms with Gasteiger partial charge in [-0.1, -0.05) is 0 Å². The molecule has 0 aliphatic carbocycles. The highest BCUT2D eigenvalue weighted by molar-refractivity contribution is 6.02. The van der Waals surface area contributed by atoms with Crippen molar-refractivity contribution >= 4 is 11.8 Å². The second-order valence-corrected chi connectivity index (χ2v) is 5.38. The lowest BCUT2D eigenvalue weighted by atomic mass is 10.1. The quantitative estimate of drug-likeness (QED) is 0.513. The number of carbonyl (C=O) groups excluding carboxylic acids is 2. The maximum atomic E-state index is 12.4. The van der Waals surface area contributed by atoms with E-state index in [-0.39, 0.29) is 22.6 Å². The standard InChI is InChI=1S/C19H18F2O6/c1-11(17(22)12-4-6-13(7-5-12)27-19(20)21)26-18(23)15-10-14(24-2)8-9-16(15)25-3/h4-11,19H,1-3H3/t11-/m0/s1. The molecular weight excluding hydrogens is 362 g/mol. The molecule has 0 N–H and O–H groups in total. The van der Waals surface area contributed by atoms with Crippen LogP contribution in [0.3, 0.4) is 0 Å². The van der Waals surface area contributed by atoms with Crippen molar-refractivity contribution in [3.63, 3.8) is 0 Å². The Labute approximate surface area is 154 Å². The number of benzene rings is 2.